The smallest absolute Gasteiger partial charge is 0.306 e. The topological polar surface area (TPSA) is 78.9 Å². The molecule has 0 saturated heterocycles. The summed E-state index contributed by atoms with van der Waals surface area (Å²) in [6.07, 6.45) is 98.5. The molecule has 0 bridgehead atoms. The van der Waals surface area contributed by atoms with Gasteiger partial charge in [0.25, 0.3) is 0 Å². The van der Waals surface area contributed by atoms with Gasteiger partial charge in [-0.3, -0.25) is 14.4 Å². The summed E-state index contributed by atoms with van der Waals surface area (Å²) >= 11 is 0. The lowest BCUT2D eigenvalue weighted by molar-refractivity contribution is -0.167. The molecule has 1 atom stereocenters. The minimum Gasteiger partial charge on any atom is -0.462 e. The van der Waals surface area contributed by atoms with Crippen molar-refractivity contribution in [3.8, 4) is 0 Å². The number of unbranched alkanes of at least 4 members (excludes halogenated alkanes) is 21. The summed E-state index contributed by atoms with van der Waals surface area (Å²) in [5.41, 5.74) is 0. The molecule has 0 spiro atoms. The van der Waals surface area contributed by atoms with E-state index in [2.05, 4.69) is 179 Å². The van der Waals surface area contributed by atoms with Crippen molar-refractivity contribution in [3.05, 3.63) is 158 Å². The molecule has 6 heteroatoms. The van der Waals surface area contributed by atoms with Crippen LogP contribution < -0.4 is 0 Å². The Balaban J connectivity index is 4.21. The zero-order valence-electron chi connectivity index (χ0n) is 52.2. The fourth-order valence-corrected chi connectivity index (χ4v) is 8.66. The fraction of sp³-hybridized carbons (Fsp3) is 0.613. The first-order valence-electron chi connectivity index (χ1n) is 33.0. The summed E-state index contributed by atoms with van der Waals surface area (Å²) in [5, 5.41) is 0. The van der Waals surface area contributed by atoms with Crippen LogP contribution in [0, 0.1) is 0 Å². The number of ether oxygens (including phenoxy) is 3. The third-order valence-corrected chi connectivity index (χ3v) is 13.5. The molecule has 0 aliphatic heterocycles. The first-order valence-corrected chi connectivity index (χ1v) is 33.0. The number of carbonyl (C=O) groups is 3. The van der Waals surface area contributed by atoms with E-state index in [4.69, 9.17) is 14.2 Å². The van der Waals surface area contributed by atoms with Crippen molar-refractivity contribution in [1.29, 1.82) is 0 Å². The van der Waals surface area contributed by atoms with Crippen molar-refractivity contribution < 1.29 is 28.6 Å². The predicted molar refractivity (Wildman–Crippen MR) is 352 cm³/mol. The Morgan fingerprint density at radius 2 is 0.481 bits per heavy atom. The molecule has 1 unspecified atom stereocenters. The van der Waals surface area contributed by atoms with Crippen molar-refractivity contribution in [2.75, 3.05) is 13.2 Å². The van der Waals surface area contributed by atoms with E-state index >= 15 is 0 Å². The standard InChI is InChI=1S/C75H120O6/c1-4-7-10-13-16-18-20-22-24-26-28-30-32-34-35-36-37-38-39-41-42-44-46-48-50-52-54-56-59-62-65-68-74(77)80-71-72(70-79-73(76)67-64-61-58-15-12-9-6-3)81-75(78)69-66-63-60-57-55-53-51-49-47-45-43-40-33-31-29-27-25-23-21-19-17-14-11-8-5-2/h7-8,10-11,16-19,22-25,28-31,34-35,37-38,40,43,47,49,53,55,72H,4-6,9,12-15,20-21,26-27,32-33,36,39,41-42,44-46,48,50-52,54,56-71H2,1-3H3/b10-7-,11-8-,18-16-,19-17-,24-22-,25-23-,30-28-,31-29-,35-34-,38-37-,43-40-,49-47-,55-53-. The van der Waals surface area contributed by atoms with Gasteiger partial charge in [-0.1, -0.05) is 288 Å². The SMILES string of the molecule is CC/C=C\C/C=C\C/C=C\C/C=C\C/C=C\C/C=C\C/C=C\CCCCCC(=O)OC(COC(=O)CCCCCCCCC)COC(=O)CCCCCCCCCCCCCC/C=C\C/C=C\C/C=C\C/C=C\C/C=C\C/C=C\CC. The second kappa shape index (κ2) is 67.5. The van der Waals surface area contributed by atoms with Gasteiger partial charge in [-0.2, -0.15) is 0 Å². The summed E-state index contributed by atoms with van der Waals surface area (Å²) in [7, 11) is 0. The largest absolute Gasteiger partial charge is 0.462 e. The van der Waals surface area contributed by atoms with E-state index in [0.717, 1.165) is 148 Å². The van der Waals surface area contributed by atoms with E-state index in [0.29, 0.717) is 12.8 Å². The molecular formula is C75H120O6. The maximum absolute atomic E-state index is 12.9. The van der Waals surface area contributed by atoms with Crippen LogP contribution in [0.2, 0.25) is 0 Å². The highest BCUT2D eigenvalue weighted by Crippen LogP contribution is 2.15. The molecule has 0 aromatic rings. The molecule has 0 aromatic carbocycles. The number of rotatable bonds is 58. The molecule has 0 N–H and O–H groups in total. The first kappa shape index (κ1) is 76.0. The van der Waals surface area contributed by atoms with Crippen LogP contribution in [0.4, 0.5) is 0 Å². The van der Waals surface area contributed by atoms with Gasteiger partial charge in [0, 0.05) is 19.3 Å². The van der Waals surface area contributed by atoms with Crippen LogP contribution in [-0.4, -0.2) is 37.2 Å². The van der Waals surface area contributed by atoms with Gasteiger partial charge in [-0.05, 0) is 128 Å². The summed E-state index contributed by atoms with van der Waals surface area (Å²) in [6.45, 7) is 6.34. The number of hydrogen-bond acceptors (Lipinski definition) is 6. The third kappa shape index (κ3) is 65.7. The van der Waals surface area contributed by atoms with Gasteiger partial charge < -0.3 is 14.2 Å². The van der Waals surface area contributed by atoms with Crippen LogP contribution >= 0.6 is 0 Å². The molecule has 0 amide bonds. The van der Waals surface area contributed by atoms with Gasteiger partial charge in [0.1, 0.15) is 13.2 Å². The number of allylic oxidation sites excluding steroid dienone is 26. The van der Waals surface area contributed by atoms with Crippen LogP contribution in [-0.2, 0) is 28.6 Å². The van der Waals surface area contributed by atoms with E-state index in [1.807, 2.05) is 0 Å². The second-order valence-corrected chi connectivity index (χ2v) is 21.3. The Morgan fingerprint density at radius 3 is 0.765 bits per heavy atom. The average Bonchev–Trinajstić information content (AvgIpc) is 3.46. The lowest BCUT2D eigenvalue weighted by Gasteiger charge is -2.18. The van der Waals surface area contributed by atoms with Crippen LogP contribution in [0.1, 0.15) is 278 Å². The Bertz CT molecular complexity index is 1810. The highest BCUT2D eigenvalue weighted by molar-refractivity contribution is 5.71. The first-order chi connectivity index (χ1) is 40.0. The van der Waals surface area contributed by atoms with Crippen LogP contribution in [0.3, 0.4) is 0 Å². The maximum Gasteiger partial charge on any atom is 0.306 e. The Morgan fingerprint density at radius 1 is 0.259 bits per heavy atom. The normalized spacial score (nSPS) is 13.2. The lowest BCUT2D eigenvalue weighted by Crippen LogP contribution is -2.30. The third-order valence-electron chi connectivity index (χ3n) is 13.5. The summed E-state index contributed by atoms with van der Waals surface area (Å²) in [4.78, 5) is 38.1. The molecule has 0 radical (unpaired) electrons. The molecule has 0 aromatic heterocycles. The van der Waals surface area contributed by atoms with E-state index in [9.17, 15) is 14.4 Å². The molecule has 0 aliphatic rings. The summed E-state index contributed by atoms with van der Waals surface area (Å²) in [6, 6.07) is 0. The van der Waals surface area contributed by atoms with Gasteiger partial charge in [-0.25, -0.2) is 0 Å². The minimum atomic E-state index is -0.801. The van der Waals surface area contributed by atoms with Crippen molar-refractivity contribution in [1.82, 2.24) is 0 Å². The van der Waals surface area contributed by atoms with Gasteiger partial charge >= 0.3 is 17.9 Å². The highest BCUT2D eigenvalue weighted by Gasteiger charge is 2.19. The molecule has 0 aliphatic carbocycles. The average molecular weight is 1120 g/mol. The van der Waals surface area contributed by atoms with E-state index < -0.39 is 6.10 Å². The van der Waals surface area contributed by atoms with Gasteiger partial charge in [0.2, 0.25) is 0 Å². The number of esters is 3. The van der Waals surface area contributed by atoms with Gasteiger partial charge in [0.05, 0.1) is 0 Å². The number of carbonyl (C=O) groups excluding carboxylic acids is 3. The Hall–Kier alpha value is -4.97. The summed E-state index contributed by atoms with van der Waals surface area (Å²) in [5.74, 6) is -0.940. The molecule has 0 fully saturated rings. The zero-order valence-corrected chi connectivity index (χ0v) is 52.2. The molecule has 0 heterocycles. The maximum atomic E-state index is 12.9. The van der Waals surface area contributed by atoms with Crippen molar-refractivity contribution in [2.45, 2.75) is 284 Å². The second-order valence-electron chi connectivity index (χ2n) is 21.3. The van der Waals surface area contributed by atoms with Crippen LogP contribution in [0.15, 0.2) is 158 Å². The Labute approximate surface area is 499 Å². The zero-order chi connectivity index (χ0) is 58.5. The van der Waals surface area contributed by atoms with Gasteiger partial charge in [-0.15, -0.1) is 0 Å². The molecule has 456 valence electrons. The van der Waals surface area contributed by atoms with Crippen molar-refractivity contribution >= 4 is 17.9 Å². The highest BCUT2D eigenvalue weighted by atomic mass is 16.6. The molecule has 81 heavy (non-hydrogen) atoms. The number of hydrogen-bond donors (Lipinski definition) is 0. The lowest BCUT2D eigenvalue weighted by atomic mass is 10.0. The molecule has 0 rings (SSSR count). The van der Waals surface area contributed by atoms with Crippen LogP contribution in [0.25, 0.3) is 0 Å². The predicted octanol–water partition coefficient (Wildman–Crippen LogP) is 22.9. The molecule has 0 saturated carbocycles. The molecular weight excluding hydrogens is 997 g/mol. The van der Waals surface area contributed by atoms with Crippen LogP contribution in [0.5, 0.6) is 0 Å². The quantitative estimate of drug-likeness (QED) is 0.0261. The minimum absolute atomic E-state index is 0.0962. The Kier molecular flexibility index (Phi) is 63.4. The van der Waals surface area contributed by atoms with E-state index in [-0.39, 0.29) is 37.5 Å². The molecule has 6 nitrogen and oxygen atoms in total. The van der Waals surface area contributed by atoms with E-state index in [1.54, 1.807) is 0 Å². The van der Waals surface area contributed by atoms with E-state index in [1.165, 1.54) is 89.9 Å². The van der Waals surface area contributed by atoms with Crippen molar-refractivity contribution in [2.24, 2.45) is 0 Å². The monoisotopic (exact) mass is 1120 g/mol. The van der Waals surface area contributed by atoms with Gasteiger partial charge in [0.15, 0.2) is 6.10 Å². The fourth-order valence-electron chi connectivity index (χ4n) is 8.66. The summed E-state index contributed by atoms with van der Waals surface area (Å²) < 4.78 is 16.8. The van der Waals surface area contributed by atoms with Crippen molar-refractivity contribution in [3.63, 3.8) is 0 Å².